The number of aryl methyl sites for hydroxylation is 1. The molecular formula is C24H19N7O3. The first-order chi connectivity index (χ1) is 16.5. The van der Waals surface area contributed by atoms with Crippen molar-refractivity contribution in [3.8, 4) is 5.69 Å². The van der Waals surface area contributed by atoms with Crippen LogP contribution in [0.2, 0.25) is 0 Å². The molecule has 0 unspecified atom stereocenters. The Balaban J connectivity index is 1.30. The van der Waals surface area contributed by atoms with Crippen LogP contribution in [0, 0.1) is 6.92 Å². The van der Waals surface area contributed by atoms with E-state index in [0.717, 1.165) is 11.3 Å². The van der Waals surface area contributed by atoms with E-state index in [1.54, 1.807) is 60.7 Å². The first-order valence-electron chi connectivity index (χ1n) is 10.5. The van der Waals surface area contributed by atoms with Gasteiger partial charge in [-0.15, -0.1) is 5.10 Å². The Bertz CT molecular complexity index is 1400. The summed E-state index contributed by atoms with van der Waals surface area (Å²) < 4.78 is 1.52. The topological polar surface area (TPSA) is 122 Å². The van der Waals surface area contributed by atoms with Crippen LogP contribution >= 0.6 is 0 Å². The van der Waals surface area contributed by atoms with Crippen LogP contribution in [0.1, 0.15) is 26.3 Å². The smallest absolute Gasteiger partial charge is 0.258 e. The summed E-state index contributed by atoms with van der Waals surface area (Å²) in [6.45, 7) is 1.81. The van der Waals surface area contributed by atoms with E-state index in [1.807, 2.05) is 13.0 Å². The van der Waals surface area contributed by atoms with Gasteiger partial charge in [-0.1, -0.05) is 12.1 Å². The minimum Gasteiger partial charge on any atom is -0.323 e. The van der Waals surface area contributed by atoms with E-state index < -0.39 is 0 Å². The minimum atomic E-state index is -0.297. The van der Waals surface area contributed by atoms with Crippen molar-refractivity contribution in [2.75, 3.05) is 22.1 Å². The van der Waals surface area contributed by atoms with Crippen molar-refractivity contribution in [3.63, 3.8) is 0 Å². The van der Waals surface area contributed by atoms with Crippen LogP contribution in [0.25, 0.3) is 5.69 Å². The van der Waals surface area contributed by atoms with E-state index in [0.29, 0.717) is 28.2 Å². The van der Waals surface area contributed by atoms with Gasteiger partial charge in [0.25, 0.3) is 11.8 Å². The summed E-state index contributed by atoms with van der Waals surface area (Å²) in [6.07, 6.45) is 1.49. The predicted octanol–water partition coefficient (Wildman–Crippen LogP) is 2.82. The molecule has 3 aromatic carbocycles. The standard InChI is InChI=1S/C24H19N7O3/c1-15-12-17(8-11-20(15)31-14-25-28-29-31)23(33)26-18-9-6-16(7-10-18)24(34)30-13-22(32)27-19-4-2-3-5-21(19)30/h2-12,14H,13H2,1H3,(H,26,33)(H,27,32). The van der Waals surface area contributed by atoms with Gasteiger partial charge in [0.2, 0.25) is 5.91 Å². The van der Waals surface area contributed by atoms with E-state index >= 15 is 0 Å². The number of carbonyl (C=O) groups is 3. The highest BCUT2D eigenvalue weighted by Gasteiger charge is 2.27. The molecule has 4 aromatic rings. The second-order valence-corrected chi connectivity index (χ2v) is 7.74. The number of para-hydroxylation sites is 2. The number of nitrogens with zero attached hydrogens (tertiary/aromatic N) is 5. The van der Waals surface area contributed by atoms with Crippen molar-refractivity contribution < 1.29 is 14.4 Å². The zero-order valence-corrected chi connectivity index (χ0v) is 18.1. The lowest BCUT2D eigenvalue weighted by Gasteiger charge is -2.29. The number of hydrogen-bond acceptors (Lipinski definition) is 6. The number of benzene rings is 3. The molecule has 168 valence electrons. The van der Waals surface area contributed by atoms with Gasteiger partial charge in [-0.05, 0) is 77.5 Å². The molecule has 0 aliphatic carbocycles. The van der Waals surface area contributed by atoms with E-state index in [2.05, 4.69) is 26.2 Å². The van der Waals surface area contributed by atoms with Gasteiger partial charge in [-0.25, -0.2) is 4.68 Å². The van der Waals surface area contributed by atoms with Crippen molar-refractivity contribution in [2.45, 2.75) is 6.92 Å². The molecule has 0 fully saturated rings. The van der Waals surface area contributed by atoms with Gasteiger partial charge in [-0.3, -0.25) is 19.3 Å². The fourth-order valence-corrected chi connectivity index (χ4v) is 3.80. The average Bonchev–Trinajstić information content (AvgIpc) is 3.38. The molecule has 2 N–H and O–H groups in total. The Hall–Kier alpha value is -4.86. The maximum absolute atomic E-state index is 13.1. The van der Waals surface area contributed by atoms with Gasteiger partial charge in [0.15, 0.2) is 0 Å². The average molecular weight is 453 g/mol. The molecule has 0 saturated heterocycles. The van der Waals surface area contributed by atoms with Crippen LogP contribution in [0.4, 0.5) is 17.1 Å². The fourth-order valence-electron chi connectivity index (χ4n) is 3.80. The van der Waals surface area contributed by atoms with Crippen LogP contribution in [0.3, 0.4) is 0 Å². The van der Waals surface area contributed by atoms with Gasteiger partial charge in [-0.2, -0.15) is 0 Å². The Morgan fingerprint density at radius 2 is 1.74 bits per heavy atom. The number of carbonyl (C=O) groups excluding carboxylic acids is 3. The van der Waals surface area contributed by atoms with Crippen molar-refractivity contribution in [2.24, 2.45) is 0 Å². The number of hydrogen-bond donors (Lipinski definition) is 2. The van der Waals surface area contributed by atoms with Crippen molar-refractivity contribution in [1.82, 2.24) is 20.2 Å². The van der Waals surface area contributed by atoms with Gasteiger partial charge in [0.1, 0.15) is 12.9 Å². The SMILES string of the molecule is Cc1cc(C(=O)Nc2ccc(C(=O)N3CC(=O)Nc4ccccc43)cc2)ccc1-n1cnnn1. The van der Waals surface area contributed by atoms with Crippen molar-refractivity contribution >= 4 is 34.8 Å². The molecule has 1 aliphatic heterocycles. The summed E-state index contributed by atoms with van der Waals surface area (Å²) in [5.41, 5.74) is 4.28. The summed E-state index contributed by atoms with van der Waals surface area (Å²) in [4.78, 5) is 39.3. The monoisotopic (exact) mass is 453 g/mol. The summed E-state index contributed by atoms with van der Waals surface area (Å²) >= 11 is 0. The fraction of sp³-hybridized carbons (Fsp3) is 0.0833. The number of fused-ring (bicyclic) bond motifs is 1. The number of nitrogens with one attached hydrogen (secondary N) is 2. The zero-order chi connectivity index (χ0) is 23.7. The van der Waals surface area contributed by atoms with Crippen LogP contribution in [-0.4, -0.2) is 44.5 Å². The summed E-state index contributed by atoms with van der Waals surface area (Å²) in [5.74, 6) is -0.835. The maximum atomic E-state index is 13.1. The molecule has 5 rings (SSSR count). The highest BCUT2D eigenvalue weighted by Crippen LogP contribution is 2.30. The first-order valence-corrected chi connectivity index (χ1v) is 10.5. The first kappa shape index (κ1) is 21.0. The third-order valence-electron chi connectivity index (χ3n) is 5.46. The number of tetrazole rings is 1. The molecular weight excluding hydrogens is 434 g/mol. The molecule has 0 bridgehead atoms. The quantitative estimate of drug-likeness (QED) is 0.490. The number of rotatable bonds is 4. The van der Waals surface area contributed by atoms with Crippen LogP contribution in [-0.2, 0) is 4.79 Å². The third-order valence-corrected chi connectivity index (χ3v) is 5.46. The zero-order valence-electron chi connectivity index (χ0n) is 18.1. The van der Waals surface area contributed by atoms with Gasteiger partial charge < -0.3 is 10.6 Å². The lowest BCUT2D eigenvalue weighted by molar-refractivity contribution is -0.115. The normalized spacial score (nSPS) is 12.6. The van der Waals surface area contributed by atoms with E-state index in [1.165, 1.54) is 15.9 Å². The second-order valence-electron chi connectivity index (χ2n) is 7.74. The third kappa shape index (κ3) is 3.99. The summed E-state index contributed by atoms with van der Waals surface area (Å²) in [5, 5.41) is 16.7. The second kappa shape index (κ2) is 8.58. The Morgan fingerprint density at radius 1 is 0.971 bits per heavy atom. The molecule has 34 heavy (non-hydrogen) atoms. The molecule has 0 spiro atoms. The Kier molecular flexibility index (Phi) is 5.30. The van der Waals surface area contributed by atoms with E-state index in [9.17, 15) is 14.4 Å². The molecule has 3 amide bonds. The van der Waals surface area contributed by atoms with E-state index in [4.69, 9.17) is 0 Å². The summed E-state index contributed by atoms with van der Waals surface area (Å²) in [6, 6.07) is 18.9. The van der Waals surface area contributed by atoms with Crippen LogP contribution < -0.4 is 15.5 Å². The Morgan fingerprint density at radius 3 is 2.47 bits per heavy atom. The van der Waals surface area contributed by atoms with Crippen LogP contribution in [0.5, 0.6) is 0 Å². The molecule has 2 heterocycles. The number of aromatic nitrogens is 4. The summed E-state index contributed by atoms with van der Waals surface area (Å²) in [7, 11) is 0. The predicted molar refractivity (Wildman–Crippen MR) is 125 cm³/mol. The molecule has 0 atom stereocenters. The molecule has 1 aliphatic rings. The van der Waals surface area contributed by atoms with Crippen molar-refractivity contribution in [1.29, 1.82) is 0 Å². The highest BCUT2D eigenvalue weighted by molar-refractivity contribution is 6.15. The van der Waals surface area contributed by atoms with Gasteiger partial charge in [0.05, 0.1) is 17.1 Å². The van der Waals surface area contributed by atoms with Gasteiger partial charge in [0, 0.05) is 16.8 Å². The van der Waals surface area contributed by atoms with Crippen LogP contribution in [0.15, 0.2) is 73.1 Å². The molecule has 0 saturated carbocycles. The Labute approximate surface area is 194 Å². The molecule has 10 nitrogen and oxygen atoms in total. The molecule has 10 heteroatoms. The lowest BCUT2D eigenvalue weighted by atomic mass is 10.1. The largest absolute Gasteiger partial charge is 0.323 e. The maximum Gasteiger partial charge on any atom is 0.258 e. The van der Waals surface area contributed by atoms with Gasteiger partial charge >= 0.3 is 0 Å². The number of amides is 3. The van der Waals surface area contributed by atoms with Crippen molar-refractivity contribution in [3.05, 3.63) is 89.7 Å². The number of anilines is 3. The van der Waals surface area contributed by atoms with E-state index in [-0.39, 0.29) is 24.3 Å². The molecule has 0 radical (unpaired) electrons. The minimum absolute atomic E-state index is 0.0612. The highest BCUT2D eigenvalue weighted by atomic mass is 16.2. The lowest BCUT2D eigenvalue weighted by Crippen LogP contribution is -2.42. The molecule has 1 aromatic heterocycles.